The minimum absolute atomic E-state index is 0.588. The Kier molecular flexibility index (Phi) is 2.95. The molecule has 0 heteroatoms. The van der Waals surface area contributed by atoms with E-state index in [1.165, 1.54) is 10.4 Å². The molecule has 0 amide bonds. The van der Waals surface area contributed by atoms with Crippen molar-refractivity contribution in [1.82, 2.24) is 0 Å². The molecule has 0 heterocycles. The van der Waals surface area contributed by atoms with Crippen LogP contribution in [0.3, 0.4) is 0 Å². The zero-order chi connectivity index (χ0) is 12.5. The summed E-state index contributed by atoms with van der Waals surface area (Å²) in [6.45, 7) is 4.57. The van der Waals surface area contributed by atoms with Crippen molar-refractivity contribution in [3.63, 3.8) is 0 Å². The van der Waals surface area contributed by atoms with Crippen LogP contribution in [0.2, 0.25) is 0 Å². The molecule has 2 atom stereocenters. The molecule has 2 aliphatic rings. The number of hydrogen-bond acceptors (Lipinski definition) is 0. The highest BCUT2D eigenvalue weighted by Gasteiger charge is 2.28. The maximum Gasteiger partial charge on any atom is 0.00897 e. The van der Waals surface area contributed by atoms with Crippen molar-refractivity contribution >= 4 is 11.1 Å². The van der Waals surface area contributed by atoms with Gasteiger partial charge in [0.05, 0.1) is 0 Å². The van der Waals surface area contributed by atoms with E-state index in [0.29, 0.717) is 11.8 Å². The second-order valence-electron chi connectivity index (χ2n) is 5.12. The van der Waals surface area contributed by atoms with E-state index in [2.05, 4.69) is 62.4 Å². The molecule has 0 nitrogen and oxygen atoms in total. The Morgan fingerprint density at radius 2 is 1.22 bits per heavy atom. The van der Waals surface area contributed by atoms with Gasteiger partial charge >= 0.3 is 0 Å². The van der Waals surface area contributed by atoms with Crippen molar-refractivity contribution < 1.29 is 0 Å². The van der Waals surface area contributed by atoms with E-state index in [1.54, 1.807) is 11.1 Å². The van der Waals surface area contributed by atoms with Gasteiger partial charge in [-0.25, -0.2) is 0 Å². The van der Waals surface area contributed by atoms with Gasteiger partial charge in [-0.05, 0) is 23.3 Å². The van der Waals surface area contributed by atoms with E-state index in [0.717, 1.165) is 12.8 Å². The van der Waals surface area contributed by atoms with Crippen molar-refractivity contribution in [2.45, 2.75) is 26.7 Å². The molecule has 3 rings (SSSR count). The van der Waals surface area contributed by atoms with Crippen LogP contribution in [0.15, 0.2) is 48.6 Å². The van der Waals surface area contributed by atoms with E-state index in [-0.39, 0.29) is 0 Å². The van der Waals surface area contributed by atoms with Crippen molar-refractivity contribution in [1.29, 1.82) is 0 Å². The van der Waals surface area contributed by atoms with Gasteiger partial charge in [-0.2, -0.15) is 0 Å². The van der Waals surface area contributed by atoms with Crippen molar-refractivity contribution in [3.05, 3.63) is 59.0 Å². The highest BCUT2D eigenvalue weighted by atomic mass is 14.3. The molecule has 0 saturated carbocycles. The SMILES string of the molecule is CCC1=c2ccccc2=C(CC)C2C=CC=CC12. The van der Waals surface area contributed by atoms with E-state index < -0.39 is 0 Å². The summed E-state index contributed by atoms with van der Waals surface area (Å²) in [6.07, 6.45) is 11.5. The lowest BCUT2D eigenvalue weighted by atomic mass is 9.72. The Morgan fingerprint density at radius 3 is 1.61 bits per heavy atom. The first-order valence-electron chi connectivity index (χ1n) is 7.03. The Bertz CT molecular complexity index is 571. The van der Waals surface area contributed by atoms with Gasteiger partial charge in [-0.1, -0.05) is 73.6 Å². The first-order chi connectivity index (χ1) is 8.86. The Balaban J connectivity index is 2.40. The minimum Gasteiger partial charge on any atom is -0.0764 e. The summed E-state index contributed by atoms with van der Waals surface area (Å²) in [7, 11) is 0. The molecule has 0 aliphatic heterocycles. The number of benzene rings is 1. The fraction of sp³-hybridized carbons (Fsp3) is 0.333. The van der Waals surface area contributed by atoms with Gasteiger partial charge in [0.2, 0.25) is 0 Å². The summed E-state index contributed by atoms with van der Waals surface area (Å²) in [6, 6.07) is 8.94. The normalized spacial score (nSPS) is 25.0. The molecule has 0 aromatic heterocycles. The quantitative estimate of drug-likeness (QED) is 0.740. The molecule has 0 fully saturated rings. The summed E-state index contributed by atoms with van der Waals surface area (Å²) in [5.74, 6) is 1.18. The molecule has 0 saturated heterocycles. The molecule has 0 bridgehead atoms. The van der Waals surface area contributed by atoms with Crippen LogP contribution < -0.4 is 10.4 Å². The predicted octanol–water partition coefficient (Wildman–Crippen LogP) is 3.18. The lowest BCUT2D eigenvalue weighted by molar-refractivity contribution is 0.653. The summed E-state index contributed by atoms with van der Waals surface area (Å²) in [5, 5.41) is 2.97. The van der Waals surface area contributed by atoms with Crippen LogP contribution in [0.4, 0.5) is 0 Å². The van der Waals surface area contributed by atoms with E-state index in [4.69, 9.17) is 0 Å². The fourth-order valence-corrected chi connectivity index (χ4v) is 3.53. The summed E-state index contributed by atoms with van der Waals surface area (Å²) in [4.78, 5) is 0. The summed E-state index contributed by atoms with van der Waals surface area (Å²) < 4.78 is 0. The van der Waals surface area contributed by atoms with E-state index >= 15 is 0 Å². The monoisotopic (exact) mass is 236 g/mol. The number of fused-ring (bicyclic) bond motifs is 2. The molecular formula is C18H20. The van der Waals surface area contributed by atoms with Crippen molar-refractivity contribution in [2.75, 3.05) is 0 Å². The van der Waals surface area contributed by atoms with E-state index in [9.17, 15) is 0 Å². The van der Waals surface area contributed by atoms with Crippen LogP contribution in [0.25, 0.3) is 11.1 Å². The van der Waals surface area contributed by atoms with Crippen LogP contribution >= 0.6 is 0 Å². The molecule has 2 unspecified atom stereocenters. The van der Waals surface area contributed by atoms with Gasteiger partial charge in [0.25, 0.3) is 0 Å². The van der Waals surface area contributed by atoms with Crippen LogP contribution in [0.1, 0.15) is 26.7 Å². The van der Waals surface area contributed by atoms with Crippen molar-refractivity contribution in [3.8, 4) is 0 Å². The topological polar surface area (TPSA) is 0 Å². The van der Waals surface area contributed by atoms with E-state index in [1.807, 2.05) is 0 Å². The first kappa shape index (κ1) is 11.5. The van der Waals surface area contributed by atoms with Gasteiger partial charge in [-0.15, -0.1) is 0 Å². The highest BCUT2D eigenvalue weighted by Crippen LogP contribution is 2.36. The molecule has 1 aromatic carbocycles. The maximum atomic E-state index is 2.38. The molecule has 0 radical (unpaired) electrons. The Hall–Kier alpha value is -1.56. The number of allylic oxidation sites excluding steroid dienone is 4. The molecule has 1 aromatic rings. The minimum atomic E-state index is 0.588. The maximum absolute atomic E-state index is 2.38. The van der Waals surface area contributed by atoms with Crippen LogP contribution in [0.5, 0.6) is 0 Å². The average molecular weight is 236 g/mol. The van der Waals surface area contributed by atoms with Gasteiger partial charge in [0, 0.05) is 11.8 Å². The second kappa shape index (κ2) is 4.61. The van der Waals surface area contributed by atoms with Crippen LogP contribution in [-0.4, -0.2) is 0 Å². The van der Waals surface area contributed by atoms with Gasteiger partial charge in [0.1, 0.15) is 0 Å². The fourth-order valence-electron chi connectivity index (χ4n) is 3.53. The lowest BCUT2D eigenvalue weighted by Crippen LogP contribution is -2.39. The average Bonchev–Trinajstić information content (AvgIpc) is 2.44. The highest BCUT2D eigenvalue weighted by molar-refractivity contribution is 5.66. The summed E-state index contributed by atoms with van der Waals surface area (Å²) >= 11 is 0. The van der Waals surface area contributed by atoms with Crippen molar-refractivity contribution in [2.24, 2.45) is 11.8 Å². The largest absolute Gasteiger partial charge is 0.0764 e. The number of hydrogen-bond donors (Lipinski definition) is 0. The third-order valence-electron chi connectivity index (χ3n) is 4.32. The molecule has 0 spiro atoms. The Morgan fingerprint density at radius 1 is 0.778 bits per heavy atom. The second-order valence-corrected chi connectivity index (χ2v) is 5.12. The first-order valence-corrected chi connectivity index (χ1v) is 7.03. The predicted molar refractivity (Wildman–Crippen MR) is 78.4 cm³/mol. The third kappa shape index (κ3) is 1.59. The van der Waals surface area contributed by atoms with Crippen LogP contribution in [-0.2, 0) is 0 Å². The van der Waals surface area contributed by atoms with Crippen LogP contribution in [0, 0.1) is 11.8 Å². The summed E-state index contributed by atoms with van der Waals surface area (Å²) in [5.41, 5.74) is 3.21. The lowest BCUT2D eigenvalue weighted by Gasteiger charge is -2.32. The molecule has 18 heavy (non-hydrogen) atoms. The zero-order valence-electron chi connectivity index (χ0n) is 11.2. The smallest absolute Gasteiger partial charge is 0.00897 e. The molecule has 0 N–H and O–H groups in total. The molecule has 2 aliphatic carbocycles. The molecular weight excluding hydrogens is 216 g/mol. The standard InChI is InChI=1S/C18H20/c1-3-13-15-9-5-7-11-17(15)14(4-2)18-12-8-6-10-16(13)18/h5-12,15,17H,3-4H2,1-2H3. The Labute approximate surface area is 109 Å². The zero-order valence-corrected chi connectivity index (χ0v) is 11.2. The third-order valence-corrected chi connectivity index (χ3v) is 4.32. The number of rotatable bonds is 2. The van der Waals surface area contributed by atoms with Gasteiger partial charge in [-0.3, -0.25) is 0 Å². The molecule has 92 valence electrons. The van der Waals surface area contributed by atoms with Gasteiger partial charge < -0.3 is 0 Å². The van der Waals surface area contributed by atoms with Gasteiger partial charge in [0.15, 0.2) is 0 Å².